The maximum Gasteiger partial charge on any atom is 0.407 e. The lowest BCUT2D eigenvalue weighted by Gasteiger charge is -2.19. The molecule has 144 valence electrons. The van der Waals surface area contributed by atoms with Gasteiger partial charge in [0.25, 0.3) is 5.91 Å². The minimum atomic E-state index is -0.557. The Hall–Kier alpha value is -2.61. The Balaban J connectivity index is 1.77. The van der Waals surface area contributed by atoms with E-state index in [1.165, 1.54) is 6.20 Å². The van der Waals surface area contributed by atoms with Crippen LogP contribution in [-0.2, 0) is 4.74 Å². The molecule has 1 aromatic carbocycles. The molecule has 0 atom stereocenters. The Kier molecular flexibility index (Phi) is 7.18. The molecule has 1 heterocycles. The molecule has 1 aromatic heterocycles. The molecule has 0 unspecified atom stereocenters. The van der Waals surface area contributed by atoms with Crippen molar-refractivity contribution in [3.05, 3.63) is 52.6 Å². The largest absolute Gasteiger partial charge is 0.444 e. The molecule has 0 saturated heterocycles. The molecule has 0 spiro atoms. The molecule has 0 fully saturated rings. The second-order valence-electron chi connectivity index (χ2n) is 6.63. The summed E-state index contributed by atoms with van der Waals surface area (Å²) in [6.07, 6.45) is 0.914. The second-order valence-corrected chi connectivity index (χ2v) is 7.54. The summed E-state index contributed by atoms with van der Waals surface area (Å²) in [5.41, 5.74) is -0.160. The molecule has 2 amide bonds. The van der Waals surface area contributed by atoms with Crippen molar-refractivity contribution in [2.24, 2.45) is 0 Å². The number of ether oxygens (including phenoxy) is 2. The van der Waals surface area contributed by atoms with Gasteiger partial charge in [-0.25, -0.2) is 9.78 Å². The number of hydrogen-bond acceptors (Lipinski definition) is 5. The molecule has 0 aliphatic carbocycles. The summed E-state index contributed by atoms with van der Waals surface area (Å²) < 4.78 is 11.6. The van der Waals surface area contributed by atoms with Gasteiger partial charge in [-0.1, -0.05) is 22.0 Å². The summed E-state index contributed by atoms with van der Waals surface area (Å²) in [4.78, 5) is 27.7. The SMILES string of the molecule is CC(C)(C)OC(=O)NCCNC(=O)c1ccc(Oc2cccc(Br)c2)nc1. The van der Waals surface area contributed by atoms with Gasteiger partial charge in [0.15, 0.2) is 0 Å². The Bertz CT molecular complexity index is 788. The van der Waals surface area contributed by atoms with Crippen LogP contribution in [0.15, 0.2) is 47.1 Å². The van der Waals surface area contributed by atoms with Crippen LogP contribution in [-0.4, -0.2) is 35.7 Å². The highest BCUT2D eigenvalue weighted by Crippen LogP contribution is 2.22. The zero-order valence-electron chi connectivity index (χ0n) is 15.4. The van der Waals surface area contributed by atoms with E-state index >= 15 is 0 Å². The third-order valence-electron chi connectivity index (χ3n) is 3.10. The predicted octanol–water partition coefficient (Wildman–Crippen LogP) is 3.89. The average Bonchev–Trinajstić information content (AvgIpc) is 2.58. The van der Waals surface area contributed by atoms with Crippen LogP contribution in [0, 0.1) is 0 Å². The van der Waals surface area contributed by atoms with Crippen molar-refractivity contribution in [2.45, 2.75) is 26.4 Å². The first kappa shape index (κ1) is 20.7. The van der Waals surface area contributed by atoms with Crippen molar-refractivity contribution in [1.29, 1.82) is 0 Å². The van der Waals surface area contributed by atoms with E-state index in [4.69, 9.17) is 9.47 Å². The van der Waals surface area contributed by atoms with Crippen molar-refractivity contribution in [1.82, 2.24) is 15.6 Å². The molecule has 0 aliphatic heterocycles. The van der Waals surface area contributed by atoms with Crippen LogP contribution < -0.4 is 15.4 Å². The number of amides is 2. The normalized spacial score (nSPS) is 10.8. The highest BCUT2D eigenvalue weighted by Gasteiger charge is 2.15. The summed E-state index contributed by atoms with van der Waals surface area (Å²) in [6, 6.07) is 10.6. The molecule has 2 rings (SSSR count). The van der Waals surface area contributed by atoms with Crippen molar-refractivity contribution < 1.29 is 19.1 Å². The van der Waals surface area contributed by atoms with Crippen LogP contribution in [0.1, 0.15) is 31.1 Å². The zero-order chi connectivity index (χ0) is 19.9. The minimum absolute atomic E-state index is 0.262. The molecular weight excluding hydrogens is 414 g/mol. The molecule has 27 heavy (non-hydrogen) atoms. The zero-order valence-corrected chi connectivity index (χ0v) is 17.0. The van der Waals surface area contributed by atoms with Gasteiger partial charge in [-0.05, 0) is 45.0 Å². The molecule has 0 radical (unpaired) electrons. The third kappa shape index (κ3) is 7.65. The fraction of sp³-hybridized carbons (Fsp3) is 0.316. The summed E-state index contributed by atoms with van der Waals surface area (Å²) in [7, 11) is 0. The molecule has 0 saturated carbocycles. The van der Waals surface area contributed by atoms with E-state index < -0.39 is 11.7 Å². The first-order chi connectivity index (χ1) is 12.7. The first-order valence-electron chi connectivity index (χ1n) is 8.37. The molecular formula is C19H22BrN3O4. The van der Waals surface area contributed by atoms with Gasteiger partial charge >= 0.3 is 6.09 Å². The summed E-state index contributed by atoms with van der Waals surface area (Å²) in [5, 5.41) is 5.27. The van der Waals surface area contributed by atoms with Crippen molar-refractivity contribution in [3.8, 4) is 11.6 Å². The standard InChI is InChI=1S/C19H22BrN3O4/c1-19(2,3)27-18(25)22-10-9-21-17(24)13-7-8-16(23-12-13)26-15-6-4-5-14(20)11-15/h4-8,11-12H,9-10H2,1-3H3,(H,21,24)(H,22,25). The van der Waals surface area contributed by atoms with Gasteiger partial charge < -0.3 is 20.1 Å². The monoisotopic (exact) mass is 435 g/mol. The smallest absolute Gasteiger partial charge is 0.407 e. The minimum Gasteiger partial charge on any atom is -0.444 e. The van der Waals surface area contributed by atoms with E-state index in [-0.39, 0.29) is 19.0 Å². The molecule has 7 nitrogen and oxygen atoms in total. The fourth-order valence-corrected chi connectivity index (χ4v) is 2.36. The van der Waals surface area contributed by atoms with E-state index in [0.717, 1.165) is 4.47 Å². The van der Waals surface area contributed by atoms with Crippen molar-refractivity contribution >= 4 is 27.9 Å². The summed E-state index contributed by atoms with van der Waals surface area (Å²) in [6.45, 7) is 5.88. The Morgan fingerprint density at radius 2 is 1.85 bits per heavy atom. The molecule has 8 heteroatoms. The van der Waals surface area contributed by atoms with Crippen LogP contribution in [0.5, 0.6) is 11.6 Å². The summed E-state index contributed by atoms with van der Waals surface area (Å²) in [5.74, 6) is 0.737. The maximum absolute atomic E-state index is 12.1. The number of nitrogens with one attached hydrogen (secondary N) is 2. The highest BCUT2D eigenvalue weighted by atomic mass is 79.9. The highest BCUT2D eigenvalue weighted by molar-refractivity contribution is 9.10. The lowest BCUT2D eigenvalue weighted by atomic mass is 10.2. The quantitative estimate of drug-likeness (QED) is 0.671. The van der Waals surface area contributed by atoms with Gasteiger partial charge in [0, 0.05) is 29.8 Å². The lowest BCUT2D eigenvalue weighted by molar-refractivity contribution is 0.0526. The topological polar surface area (TPSA) is 89.6 Å². The molecule has 0 bridgehead atoms. The van der Waals surface area contributed by atoms with Gasteiger partial charge in [-0.3, -0.25) is 4.79 Å². The molecule has 2 aromatic rings. The van der Waals surface area contributed by atoms with Crippen molar-refractivity contribution in [2.75, 3.05) is 13.1 Å². The average molecular weight is 436 g/mol. The van der Waals surface area contributed by atoms with E-state index in [0.29, 0.717) is 17.2 Å². The van der Waals surface area contributed by atoms with Crippen LogP contribution in [0.3, 0.4) is 0 Å². The fourth-order valence-electron chi connectivity index (χ4n) is 1.98. The van der Waals surface area contributed by atoms with Gasteiger partial charge in [-0.15, -0.1) is 0 Å². The number of benzene rings is 1. The number of nitrogens with zero attached hydrogens (tertiary/aromatic N) is 1. The lowest BCUT2D eigenvalue weighted by Crippen LogP contribution is -2.37. The van der Waals surface area contributed by atoms with E-state index in [2.05, 4.69) is 31.5 Å². The van der Waals surface area contributed by atoms with Gasteiger partial charge in [-0.2, -0.15) is 0 Å². The third-order valence-corrected chi connectivity index (χ3v) is 3.59. The van der Waals surface area contributed by atoms with Crippen LogP contribution in [0.25, 0.3) is 0 Å². The Labute approximate surface area is 166 Å². The molecule has 0 aliphatic rings. The predicted molar refractivity (Wildman–Crippen MR) is 105 cm³/mol. The van der Waals surface area contributed by atoms with E-state index in [9.17, 15) is 9.59 Å². The number of carbonyl (C=O) groups is 2. The van der Waals surface area contributed by atoms with Gasteiger partial charge in [0.05, 0.1) is 5.56 Å². The number of aromatic nitrogens is 1. The maximum atomic E-state index is 12.1. The number of rotatable bonds is 6. The number of alkyl carbamates (subject to hydrolysis) is 1. The second kappa shape index (κ2) is 9.36. The summed E-state index contributed by atoms with van der Waals surface area (Å²) >= 11 is 3.37. The van der Waals surface area contributed by atoms with E-state index in [1.807, 2.05) is 24.3 Å². The number of pyridine rings is 1. The van der Waals surface area contributed by atoms with Crippen LogP contribution in [0.4, 0.5) is 4.79 Å². The number of hydrogen-bond donors (Lipinski definition) is 2. The molecule has 2 N–H and O–H groups in total. The van der Waals surface area contributed by atoms with Crippen LogP contribution in [0.2, 0.25) is 0 Å². The van der Waals surface area contributed by atoms with Crippen molar-refractivity contribution in [3.63, 3.8) is 0 Å². The van der Waals surface area contributed by atoms with E-state index in [1.54, 1.807) is 32.9 Å². The van der Waals surface area contributed by atoms with Gasteiger partial charge in [0.2, 0.25) is 5.88 Å². The number of carbonyl (C=O) groups excluding carboxylic acids is 2. The Morgan fingerprint density at radius 1 is 1.11 bits per heavy atom. The van der Waals surface area contributed by atoms with Gasteiger partial charge in [0.1, 0.15) is 11.4 Å². The first-order valence-corrected chi connectivity index (χ1v) is 9.17. The van der Waals surface area contributed by atoms with Crippen LogP contribution >= 0.6 is 15.9 Å². The number of halogens is 1. The Morgan fingerprint density at radius 3 is 2.48 bits per heavy atom.